The number of hydrogen-bond acceptors (Lipinski definition) is 2. The summed E-state index contributed by atoms with van der Waals surface area (Å²) in [6.07, 6.45) is 0. The van der Waals surface area contributed by atoms with Crippen LogP contribution in [0.25, 0.3) is 0 Å². The predicted octanol–water partition coefficient (Wildman–Crippen LogP) is 1.51. The van der Waals surface area contributed by atoms with Gasteiger partial charge in [-0.3, -0.25) is 4.79 Å². The molecule has 0 saturated heterocycles. The largest absolute Gasteiger partial charge is 0.338 e. The molecule has 0 radical (unpaired) electrons. The Labute approximate surface area is 96.2 Å². The molecule has 0 spiro atoms. The molecule has 16 heavy (non-hydrogen) atoms. The van der Waals surface area contributed by atoms with Crippen LogP contribution in [0.15, 0.2) is 18.2 Å². The first kappa shape index (κ1) is 11.1. The van der Waals surface area contributed by atoms with Gasteiger partial charge in [0.2, 0.25) is 0 Å². The number of nitrogens with two attached hydrogens (primary N) is 1. The van der Waals surface area contributed by atoms with Gasteiger partial charge < -0.3 is 10.6 Å². The Morgan fingerprint density at radius 2 is 2.25 bits per heavy atom. The predicted molar refractivity (Wildman–Crippen MR) is 64.6 cm³/mol. The number of fused-ring (bicyclic) bond motifs is 1. The zero-order valence-electron chi connectivity index (χ0n) is 9.86. The maximum atomic E-state index is 12.1. The van der Waals surface area contributed by atoms with Crippen molar-refractivity contribution in [2.45, 2.75) is 19.8 Å². The van der Waals surface area contributed by atoms with Gasteiger partial charge in [0, 0.05) is 31.1 Å². The van der Waals surface area contributed by atoms with Crippen LogP contribution in [-0.2, 0) is 0 Å². The molecule has 1 aliphatic heterocycles. The van der Waals surface area contributed by atoms with Crippen molar-refractivity contribution in [2.24, 2.45) is 5.73 Å². The van der Waals surface area contributed by atoms with E-state index in [1.54, 1.807) is 0 Å². The summed E-state index contributed by atoms with van der Waals surface area (Å²) in [5.41, 5.74) is 8.98. The van der Waals surface area contributed by atoms with Crippen molar-refractivity contribution in [1.29, 1.82) is 0 Å². The fourth-order valence-electron chi connectivity index (χ4n) is 2.48. The number of nitrogens with zero attached hydrogens (tertiary/aromatic N) is 1. The third kappa shape index (κ3) is 1.61. The maximum Gasteiger partial charge on any atom is 0.254 e. The van der Waals surface area contributed by atoms with E-state index >= 15 is 0 Å². The van der Waals surface area contributed by atoms with E-state index in [-0.39, 0.29) is 11.8 Å². The third-order valence-electron chi connectivity index (χ3n) is 3.36. The highest BCUT2D eigenvalue weighted by Crippen LogP contribution is 2.30. The Hall–Kier alpha value is -1.35. The van der Waals surface area contributed by atoms with E-state index in [9.17, 15) is 4.79 Å². The Morgan fingerprint density at radius 1 is 1.50 bits per heavy atom. The van der Waals surface area contributed by atoms with E-state index in [0.29, 0.717) is 6.54 Å². The minimum absolute atomic E-state index is 0.144. The van der Waals surface area contributed by atoms with Gasteiger partial charge in [0.05, 0.1) is 0 Å². The fourth-order valence-corrected chi connectivity index (χ4v) is 2.48. The number of rotatable bonds is 2. The van der Waals surface area contributed by atoms with Crippen LogP contribution in [0.3, 0.4) is 0 Å². The number of likely N-dealkylation sites (N-methyl/N-ethyl adjacent to an activating group) is 1. The summed E-state index contributed by atoms with van der Waals surface area (Å²) < 4.78 is 0. The molecule has 0 saturated carbocycles. The number of hydrogen-bond donors (Lipinski definition) is 1. The van der Waals surface area contributed by atoms with Crippen LogP contribution in [-0.4, -0.2) is 30.4 Å². The zero-order valence-corrected chi connectivity index (χ0v) is 9.86. The van der Waals surface area contributed by atoms with Gasteiger partial charge >= 0.3 is 0 Å². The molecule has 2 rings (SSSR count). The Bertz CT molecular complexity index is 414. The molecule has 1 heterocycles. The van der Waals surface area contributed by atoms with Crippen LogP contribution in [0.5, 0.6) is 0 Å². The number of benzene rings is 1. The summed E-state index contributed by atoms with van der Waals surface area (Å²) in [6, 6.07) is 5.91. The van der Waals surface area contributed by atoms with Gasteiger partial charge in [-0.2, -0.15) is 0 Å². The average molecular weight is 218 g/mol. The lowest BCUT2D eigenvalue weighted by Gasteiger charge is -2.34. The van der Waals surface area contributed by atoms with Crippen molar-refractivity contribution in [1.82, 2.24) is 4.90 Å². The highest BCUT2D eigenvalue weighted by Gasteiger charge is 2.30. The summed E-state index contributed by atoms with van der Waals surface area (Å²) in [4.78, 5) is 14.0. The van der Waals surface area contributed by atoms with Gasteiger partial charge in [0.15, 0.2) is 0 Å². The molecular formula is C13H18N2O. The third-order valence-corrected chi connectivity index (χ3v) is 3.36. The van der Waals surface area contributed by atoms with E-state index < -0.39 is 0 Å². The van der Waals surface area contributed by atoms with Gasteiger partial charge in [-0.1, -0.05) is 12.1 Å². The minimum Gasteiger partial charge on any atom is -0.338 e. The van der Waals surface area contributed by atoms with Crippen LogP contribution in [0.2, 0.25) is 0 Å². The molecule has 1 amide bonds. The zero-order chi connectivity index (χ0) is 11.7. The summed E-state index contributed by atoms with van der Waals surface area (Å²) in [5, 5.41) is 0. The van der Waals surface area contributed by atoms with Crippen LogP contribution in [0.1, 0.15) is 34.3 Å². The Balaban J connectivity index is 2.53. The van der Waals surface area contributed by atoms with Crippen molar-refractivity contribution in [3.05, 3.63) is 34.9 Å². The molecule has 1 aromatic carbocycles. The van der Waals surface area contributed by atoms with Gasteiger partial charge in [0.25, 0.3) is 5.91 Å². The van der Waals surface area contributed by atoms with E-state index in [4.69, 9.17) is 5.73 Å². The highest BCUT2D eigenvalue weighted by atomic mass is 16.2. The quantitative estimate of drug-likeness (QED) is 0.818. The lowest BCUT2D eigenvalue weighted by molar-refractivity contribution is 0.0732. The number of amides is 1. The average Bonchev–Trinajstić information content (AvgIpc) is 2.30. The maximum absolute atomic E-state index is 12.1. The highest BCUT2D eigenvalue weighted by molar-refractivity contribution is 5.97. The molecule has 0 bridgehead atoms. The van der Waals surface area contributed by atoms with Crippen LogP contribution < -0.4 is 5.73 Å². The minimum atomic E-state index is 0.144. The molecule has 86 valence electrons. The first-order valence-electron chi connectivity index (χ1n) is 5.77. The number of aryl methyl sites for hydroxylation is 1. The molecule has 0 fully saturated rings. The fraction of sp³-hybridized carbons (Fsp3) is 0.462. The molecule has 0 aliphatic carbocycles. The Morgan fingerprint density at radius 3 is 2.88 bits per heavy atom. The number of carbonyl (C=O) groups excluding carboxylic acids is 1. The van der Waals surface area contributed by atoms with Crippen molar-refractivity contribution in [3.8, 4) is 0 Å². The first-order valence-corrected chi connectivity index (χ1v) is 5.77. The van der Waals surface area contributed by atoms with Crippen LogP contribution in [0, 0.1) is 6.92 Å². The molecule has 1 aliphatic rings. The van der Waals surface area contributed by atoms with Crippen molar-refractivity contribution >= 4 is 5.91 Å². The van der Waals surface area contributed by atoms with Gasteiger partial charge in [-0.25, -0.2) is 0 Å². The summed E-state index contributed by atoms with van der Waals surface area (Å²) in [5.74, 6) is 0.430. The second-order valence-corrected chi connectivity index (χ2v) is 4.31. The Kier molecular flexibility index (Phi) is 2.97. The second kappa shape index (κ2) is 4.26. The lowest BCUT2D eigenvalue weighted by Crippen LogP contribution is -2.42. The summed E-state index contributed by atoms with van der Waals surface area (Å²) in [7, 11) is 0. The monoisotopic (exact) mass is 218 g/mol. The molecule has 3 nitrogen and oxygen atoms in total. The molecular weight excluding hydrogens is 200 g/mol. The van der Waals surface area contributed by atoms with Gasteiger partial charge in [-0.05, 0) is 31.0 Å². The summed E-state index contributed by atoms with van der Waals surface area (Å²) >= 11 is 0. The molecule has 1 aromatic rings. The lowest BCUT2D eigenvalue weighted by atomic mass is 9.86. The standard InChI is InChI=1S/C13H18N2O/c1-3-15-8-10(7-14)12-9(2)5-4-6-11(12)13(15)16/h4-6,10H,3,7-8,14H2,1-2H3. The van der Waals surface area contributed by atoms with Crippen LogP contribution >= 0.6 is 0 Å². The van der Waals surface area contributed by atoms with E-state index in [1.165, 1.54) is 5.56 Å². The molecule has 0 aromatic heterocycles. The van der Waals surface area contributed by atoms with E-state index in [2.05, 4.69) is 13.0 Å². The van der Waals surface area contributed by atoms with Gasteiger partial charge in [0.1, 0.15) is 0 Å². The van der Waals surface area contributed by atoms with Crippen molar-refractivity contribution in [3.63, 3.8) is 0 Å². The summed E-state index contributed by atoms with van der Waals surface area (Å²) in [6.45, 7) is 6.16. The van der Waals surface area contributed by atoms with Crippen LogP contribution in [0.4, 0.5) is 0 Å². The molecule has 1 unspecified atom stereocenters. The van der Waals surface area contributed by atoms with E-state index in [1.807, 2.05) is 24.0 Å². The smallest absolute Gasteiger partial charge is 0.254 e. The molecule has 2 N–H and O–H groups in total. The number of carbonyl (C=O) groups is 1. The van der Waals surface area contributed by atoms with Crippen molar-refractivity contribution in [2.75, 3.05) is 19.6 Å². The first-order chi connectivity index (χ1) is 7.69. The second-order valence-electron chi connectivity index (χ2n) is 4.31. The van der Waals surface area contributed by atoms with Crippen molar-refractivity contribution < 1.29 is 4.79 Å². The molecule has 1 atom stereocenters. The van der Waals surface area contributed by atoms with E-state index in [0.717, 1.165) is 24.2 Å². The SMILES string of the molecule is CCN1CC(CN)c2c(C)cccc2C1=O. The topological polar surface area (TPSA) is 46.3 Å². The van der Waals surface area contributed by atoms with Gasteiger partial charge in [-0.15, -0.1) is 0 Å². The normalized spacial score (nSPS) is 19.8. The molecule has 3 heteroatoms.